The molecule has 106 valence electrons. The number of hydrogen-bond donors (Lipinski definition) is 1. The van der Waals surface area contributed by atoms with Crippen molar-refractivity contribution in [3.8, 4) is 0 Å². The van der Waals surface area contributed by atoms with Gasteiger partial charge in [0.25, 0.3) is 0 Å². The van der Waals surface area contributed by atoms with Crippen molar-refractivity contribution in [3.05, 3.63) is 29.8 Å². The van der Waals surface area contributed by atoms with Gasteiger partial charge in [0.1, 0.15) is 17.7 Å². The van der Waals surface area contributed by atoms with Crippen LogP contribution in [0.4, 0.5) is 14.5 Å². The van der Waals surface area contributed by atoms with Crippen LogP contribution in [0.3, 0.4) is 0 Å². The highest BCUT2D eigenvalue weighted by Gasteiger charge is 2.41. The molecular weight excluding hydrogens is 266 g/mol. The van der Waals surface area contributed by atoms with Crippen LogP contribution < -0.4 is 10.2 Å². The first kappa shape index (κ1) is 13.0. The molecule has 4 nitrogen and oxygen atoms in total. The molecule has 3 rings (SSSR count). The summed E-state index contributed by atoms with van der Waals surface area (Å²) in [5, 5.41) is 2.69. The molecule has 6 heteroatoms. The summed E-state index contributed by atoms with van der Waals surface area (Å²) < 4.78 is 26.8. The van der Waals surface area contributed by atoms with Gasteiger partial charge < -0.3 is 10.2 Å². The Morgan fingerprint density at radius 1 is 1.20 bits per heavy atom. The molecule has 0 spiro atoms. The van der Waals surface area contributed by atoms with Crippen LogP contribution in [0.2, 0.25) is 0 Å². The average molecular weight is 280 g/mol. The largest absolute Gasteiger partial charge is 0.344 e. The van der Waals surface area contributed by atoms with Gasteiger partial charge in [-0.25, -0.2) is 8.78 Å². The van der Waals surface area contributed by atoms with Crippen LogP contribution in [0.25, 0.3) is 0 Å². The molecule has 2 amide bonds. The first-order valence-corrected chi connectivity index (χ1v) is 6.62. The minimum atomic E-state index is -0.790. The quantitative estimate of drug-likeness (QED) is 0.894. The summed E-state index contributed by atoms with van der Waals surface area (Å²) in [5.74, 6) is -1.87. The van der Waals surface area contributed by atoms with E-state index in [1.165, 1.54) is 11.0 Å². The maximum atomic E-state index is 13.8. The average Bonchev–Trinajstić information content (AvgIpc) is 3.21. The van der Waals surface area contributed by atoms with Crippen molar-refractivity contribution in [2.75, 3.05) is 11.4 Å². The van der Waals surface area contributed by atoms with Gasteiger partial charge in [0.15, 0.2) is 0 Å². The minimum absolute atomic E-state index is 0.0264. The summed E-state index contributed by atoms with van der Waals surface area (Å²) in [6, 6.07) is 2.50. The van der Waals surface area contributed by atoms with E-state index in [9.17, 15) is 18.4 Å². The van der Waals surface area contributed by atoms with Gasteiger partial charge in [-0.15, -0.1) is 0 Å². The van der Waals surface area contributed by atoms with Crippen LogP contribution >= 0.6 is 0 Å². The van der Waals surface area contributed by atoms with Gasteiger partial charge in [-0.1, -0.05) is 0 Å². The Morgan fingerprint density at radius 2 is 1.95 bits per heavy atom. The van der Waals surface area contributed by atoms with E-state index >= 15 is 0 Å². The highest BCUT2D eigenvalue weighted by molar-refractivity contribution is 6.01. The van der Waals surface area contributed by atoms with Gasteiger partial charge in [-0.05, 0) is 30.9 Å². The second kappa shape index (κ2) is 4.85. The van der Waals surface area contributed by atoms with Crippen molar-refractivity contribution in [1.82, 2.24) is 5.32 Å². The lowest BCUT2D eigenvalue weighted by atomic mass is 10.1. The molecule has 2 aliphatic rings. The molecule has 0 radical (unpaired) electrons. The summed E-state index contributed by atoms with van der Waals surface area (Å²) in [6.45, 7) is 0.108. The Kier molecular flexibility index (Phi) is 3.16. The molecule has 1 unspecified atom stereocenters. The second-order valence-electron chi connectivity index (χ2n) is 5.22. The summed E-state index contributed by atoms with van der Waals surface area (Å²) in [5.41, 5.74) is 0.0264. The molecule has 1 aliphatic heterocycles. The maximum Gasteiger partial charge on any atom is 0.249 e. The summed E-state index contributed by atoms with van der Waals surface area (Å²) >= 11 is 0. The number of carbonyl (C=O) groups excluding carboxylic acids is 2. The van der Waals surface area contributed by atoms with Gasteiger partial charge >= 0.3 is 0 Å². The van der Waals surface area contributed by atoms with Crippen molar-refractivity contribution >= 4 is 17.5 Å². The molecule has 1 aromatic rings. The van der Waals surface area contributed by atoms with E-state index in [2.05, 4.69) is 5.32 Å². The first-order chi connectivity index (χ1) is 9.56. The number of nitrogens with one attached hydrogen (secondary N) is 1. The topological polar surface area (TPSA) is 49.4 Å². The lowest BCUT2D eigenvalue weighted by Gasteiger charge is -2.24. The Bertz CT molecular complexity index is 572. The molecule has 1 aromatic carbocycles. The zero-order valence-electron chi connectivity index (χ0n) is 10.7. The number of carbonyl (C=O) groups is 2. The number of benzene rings is 1. The van der Waals surface area contributed by atoms with Crippen LogP contribution in [0.5, 0.6) is 0 Å². The maximum absolute atomic E-state index is 13.8. The molecule has 1 N–H and O–H groups in total. The SMILES string of the molecule is O=C1CCN(c2ccc(F)cc2F)C(=O)C(C2CC2)N1. The molecule has 1 heterocycles. The van der Waals surface area contributed by atoms with Crippen molar-refractivity contribution in [1.29, 1.82) is 0 Å². The van der Waals surface area contributed by atoms with Crippen LogP contribution in [-0.4, -0.2) is 24.4 Å². The van der Waals surface area contributed by atoms with Crippen molar-refractivity contribution in [2.24, 2.45) is 5.92 Å². The number of amides is 2. The fourth-order valence-electron chi connectivity index (χ4n) is 2.49. The summed E-state index contributed by atoms with van der Waals surface area (Å²) in [6.07, 6.45) is 1.89. The number of nitrogens with zero attached hydrogens (tertiary/aromatic N) is 1. The second-order valence-corrected chi connectivity index (χ2v) is 5.22. The van der Waals surface area contributed by atoms with Gasteiger partial charge in [0.2, 0.25) is 11.8 Å². The third-order valence-electron chi connectivity index (χ3n) is 3.70. The van der Waals surface area contributed by atoms with Gasteiger partial charge in [-0.2, -0.15) is 0 Å². The predicted octanol–water partition coefficient (Wildman–Crippen LogP) is 1.60. The Balaban J connectivity index is 1.93. The molecule has 1 aliphatic carbocycles. The van der Waals surface area contributed by atoms with Gasteiger partial charge in [0.05, 0.1) is 5.69 Å². The zero-order chi connectivity index (χ0) is 14.3. The van der Waals surface area contributed by atoms with Crippen molar-refractivity contribution in [2.45, 2.75) is 25.3 Å². The minimum Gasteiger partial charge on any atom is -0.344 e. The highest BCUT2D eigenvalue weighted by Crippen LogP contribution is 2.35. The third kappa shape index (κ3) is 2.37. The van der Waals surface area contributed by atoms with Crippen LogP contribution in [0.15, 0.2) is 18.2 Å². The van der Waals surface area contributed by atoms with E-state index in [-0.39, 0.29) is 36.4 Å². The smallest absolute Gasteiger partial charge is 0.249 e. The van der Waals surface area contributed by atoms with Gasteiger partial charge in [-0.3, -0.25) is 9.59 Å². The lowest BCUT2D eigenvalue weighted by Crippen LogP contribution is -2.46. The molecular formula is C14H14F2N2O2. The summed E-state index contributed by atoms with van der Waals surface area (Å²) in [7, 11) is 0. The van der Waals surface area contributed by atoms with Crippen LogP contribution in [0, 0.1) is 17.6 Å². The standard InChI is InChI=1S/C14H14F2N2O2/c15-9-3-4-11(10(16)7-9)18-6-5-12(19)17-13(14(18)20)8-1-2-8/h3-4,7-8,13H,1-2,5-6H2,(H,17,19). The number of rotatable bonds is 2. The molecule has 2 fully saturated rings. The molecule has 0 aromatic heterocycles. The van der Waals surface area contributed by atoms with E-state index in [1.807, 2.05) is 0 Å². The van der Waals surface area contributed by atoms with Crippen molar-refractivity contribution < 1.29 is 18.4 Å². The monoisotopic (exact) mass is 280 g/mol. The van der Waals surface area contributed by atoms with E-state index < -0.39 is 17.7 Å². The fraction of sp³-hybridized carbons (Fsp3) is 0.429. The molecule has 1 saturated carbocycles. The van der Waals surface area contributed by atoms with E-state index in [0.717, 1.165) is 25.0 Å². The first-order valence-electron chi connectivity index (χ1n) is 6.62. The van der Waals surface area contributed by atoms with Crippen molar-refractivity contribution in [3.63, 3.8) is 0 Å². The number of anilines is 1. The molecule has 0 bridgehead atoms. The van der Waals surface area contributed by atoms with Gasteiger partial charge in [0, 0.05) is 19.0 Å². The Labute approximate surface area is 114 Å². The van der Waals surface area contributed by atoms with Crippen LogP contribution in [0.1, 0.15) is 19.3 Å². The molecule has 1 saturated heterocycles. The molecule has 1 atom stereocenters. The zero-order valence-corrected chi connectivity index (χ0v) is 10.7. The Morgan fingerprint density at radius 3 is 2.60 bits per heavy atom. The van der Waals surface area contributed by atoms with E-state index in [0.29, 0.717) is 0 Å². The van der Waals surface area contributed by atoms with Crippen LogP contribution in [-0.2, 0) is 9.59 Å². The third-order valence-corrected chi connectivity index (χ3v) is 3.70. The molecule has 20 heavy (non-hydrogen) atoms. The predicted molar refractivity (Wildman–Crippen MR) is 68.0 cm³/mol. The number of halogens is 2. The van der Waals surface area contributed by atoms with E-state index in [1.54, 1.807) is 0 Å². The Hall–Kier alpha value is -1.98. The highest BCUT2D eigenvalue weighted by atomic mass is 19.1. The number of hydrogen-bond acceptors (Lipinski definition) is 2. The lowest BCUT2D eigenvalue weighted by molar-refractivity contribution is -0.126. The fourth-order valence-corrected chi connectivity index (χ4v) is 2.49. The normalized spacial score (nSPS) is 23.5. The van der Waals surface area contributed by atoms with E-state index in [4.69, 9.17) is 0 Å². The summed E-state index contributed by atoms with van der Waals surface area (Å²) in [4.78, 5) is 25.4.